The molecular formula is C28H35N3O5S. The van der Waals surface area contributed by atoms with Crippen molar-refractivity contribution in [1.29, 1.82) is 0 Å². The van der Waals surface area contributed by atoms with Gasteiger partial charge in [0.05, 0.1) is 18.8 Å². The molecule has 37 heavy (non-hydrogen) atoms. The third-order valence-corrected chi connectivity index (χ3v) is 6.22. The van der Waals surface area contributed by atoms with Gasteiger partial charge >= 0.3 is 12.2 Å². The van der Waals surface area contributed by atoms with Crippen LogP contribution in [0.25, 0.3) is 10.6 Å². The molecule has 2 amide bonds. The van der Waals surface area contributed by atoms with E-state index < -0.39 is 17.8 Å². The van der Waals surface area contributed by atoms with E-state index in [1.807, 2.05) is 80.7 Å². The van der Waals surface area contributed by atoms with E-state index in [0.29, 0.717) is 13.0 Å². The van der Waals surface area contributed by atoms with Crippen molar-refractivity contribution in [3.63, 3.8) is 0 Å². The predicted octanol–water partition coefficient (Wildman–Crippen LogP) is 6.48. The number of hydrogen-bond donors (Lipinski definition) is 2. The number of ether oxygens (including phenoxy) is 3. The molecule has 2 N–H and O–H groups in total. The molecule has 8 nitrogen and oxygen atoms in total. The summed E-state index contributed by atoms with van der Waals surface area (Å²) in [6, 6.07) is 16.9. The van der Waals surface area contributed by atoms with Gasteiger partial charge in [0.2, 0.25) is 0 Å². The monoisotopic (exact) mass is 525 g/mol. The first-order valence-corrected chi connectivity index (χ1v) is 13.2. The van der Waals surface area contributed by atoms with Gasteiger partial charge in [0, 0.05) is 17.5 Å². The Morgan fingerprint density at radius 2 is 1.73 bits per heavy atom. The van der Waals surface area contributed by atoms with Gasteiger partial charge in [0.25, 0.3) is 0 Å². The van der Waals surface area contributed by atoms with Crippen LogP contribution in [-0.2, 0) is 16.1 Å². The topological polar surface area (TPSA) is 98.8 Å². The molecule has 0 saturated heterocycles. The van der Waals surface area contributed by atoms with Gasteiger partial charge in [0.15, 0.2) is 0 Å². The van der Waals surface area contributed by atoms with Crippen LogP contribution in [-0.4, -0.2) is 36.4 Å². The molecule has 0 aliphatic carbocycles. The summed E-state index contributed by atoms with van der Waals surface area (Å²) >= 11 is 1.52. The SMILES string of the molecule is COc1ccc(-c2nc([C@H](CCCCNC(=O)OC(C)(C)C)NC(=O)OCc3ccccc3)cs2)cc1. The van der Waals surface area contributed by atoms with E-state index in [-0.39, 0.29) is 12.6 Å². The van der Waals surface area contributed by atoms with Crippen LogP contribution in [0, 0.1) is 0 Å². The van der Waals surface area contributed by atoms with E-state index >= 15 is 0 Å². The Bertz CT molecular complexity index is 1130. The maximum absolute atomic E-state index is 12.6. The lowest BCUT2D eigenvalue weighted by molar-refractivity contribution is 0.0527. The first-order chi connectivity index (χ1) is 17.7. The highest BCUT2D eigenvalue weighted by molar-refractivity contribution is 7.13. The van der Waals surface area contributed by atoms with Crippen LogP contribution in [0.2, 0.25) is 0 Å². The Morgan fingerprint density at radius 3 is 2.41 bits per heavy atom. The fourth-order valence-corrected chi connectivity index (χ4v) is 4.37. The summed E-state index contributed by atoms with van der Waals surface area (Å²) in [6.07, 6.45) is 1.19. The Labute approximate surface area is 222 Å². The van der Waals surface area contributed by atoms with E-state index in [1.54, 1.807) is 7.11 Å². The molecule has 0 radical (unpaired) electrons. The number of unbranched alkanes of at least 4 members (excludes halogenated alkanes) is 1. The molecule has 198 valence electrons. The van der Waals surface area contributed by atoms with E-state index in [0.717, 1.165) is 40.4 Å². The van der Waals surface area contributed by atoms with Crippen LogP contribution in [0.1, 0.15) is 57.3 Å². The molecule has 1 aromatic heterocycles. The molecule has 3 aromatic rings. The van der Waals surface area contributed by atoms with Crippen LogP contribution < -0.4 is 15.4 Å². The second-order valence-corrected chi connectivity index (χ2v) is 10.3. The molecule has 0 aliphatic rings. The molecule has 0 unspecified atom stereocenters. The summed E-state index contributed by atoms with van der Waals surface area (Å²) in [5.74, 6) is 0.779. The normalized spacial score (nSPS) is 11.9. The van der Waals surface area contributed by atoms with Crippen molar-refractivity contribution in [1.82, 2.24) is 15.6 Å². The van der Waals surface area contributed by atoms with Gasteiger partial charge in [-0.15, -0.1) is 11.3 Å². The minimum Gasteiger partial charge on any atom is -0.497 e. The Morgan fingerprint density at radius 1 is 1.00 bits per heavy atom. The van der Waals surface area contributed by atoms with Crippen LogP contribution >= 0.6 is 11.3 Å². The zero-order chi connectivity index (χ0) is 26.7. The van der Waals surface area contributed by atoms with Gasteiger partial charge in [-0.3, -0.25) is 0 Å². The zero-order valence-corrected chi connectivity index (χ0v) is 22.6. The van der Waals surface area contributed by atoms with Gasteiger partial charge in [-0.2, -0.15) is 0 Å². The third kappa shape index (κ3) is 9.76. The van der Waals surface area contributed by atoms with Crippen LogP contribution in [0.15, 0.2) is 60.0 Å². The maximum atomic E-state index is 12.6. The average Bonchev–Trinajstić information content (AvgIpc) is 3.36. The highest BCUT2D eigenvalue weighted by Gasteiger charge is 2.20. The summed E-state index contributed by atoms with van der Waals surface area (Å²) in [7, 11) is 1.63. The Hall–Kier alpha value is -3.59. The summed E-state index contributed by atoms with van der Waals surface area (Å²) in [5.41, 5.74) is 2.13. The zero-order valence-electron chi connectivity index (χ0n) is 21.8. The lowest BCUT2D eigenvalue weighted by Gasteiger charge is -2.20. The second kappa shape index (κ2) is 13.6. The van der Waals surface area contributed by atoms with Crippen LogP contribution in [0.4, 0.5) is 9.59 Å². The number of carbonyl (C=O) groups excluding carboxylic acids is 2. The highest BCUT2D eigenvalue weighted by Crippen LogP contribution is 2.29. The van der Waals surface area contributed by atoms with Crippen molar-refractivity contribution in [2.24, 2.45) is 0 Å². The summed E-state index contributed by atoms with van der Waals surface area (Å²) < 4.78 is 15.9. The second-order valence-electron chi connectivity index (χ2n) is 9.49. The molecule has 0 bridgehead atoms. The smallest absolute Gasteiger partial charge is 0.408 e. The van der Waals surface area contributed by atoms with Crippen molar-refractivity contribution in [2.45, 2.75) is 58.3 Å². The van der Waals surface area contributed by atoms with Gasteiger partial charge in [0.1, 0.15) is 23.0 Å². The van der Waals surface area contributed by atoms with Crippen molar-refractivity contribution in [3.05, 3.63) is 71.2 Å². The number of rotatable bonds is 11. The first-order valence-electron chi connectivity index (χ1n) is 12.3. The van der Waals surface area contributed by atoms with Gasteiger partial charge < -0.3 is 24.8 Å². The highest BCUT2D eigenvalue weighted by atomic mass is 32.1. The molecule has 3 rings (SSSR count). The van der Waals surface area contributed by atoms with Crippen LogP contribution in [0.5, 0.6) is 5.75 Å². The molecule has 0 fully saturated rings. The molecule has 0 aliphatic heterocycles. The van der Waals surface area contributed by atoms with Crippen molar-refractivity contribution >= 4 is 23.5 Å². The molecule has 9 heteroatoms. The molecule has 0 spiro atoms. The molecular weight excluding hydrogens is 490 g/mol. The minimum absolute atomic E-state index is 0.188. The number of amides is 2. The largest absolute Gasteiger partial charge is 0.497 e. The van der Waals surface area contributed by atoms with Crippen molar-refractivity contribution in [2.75, 3.05) is 13.7 Å². The number of methoxy groups -OCH3 is 1. The van der Waals surface area contributed by atoms with Gasteiger partial charge in [-0.1, -0.05) is 30.3 Å². The van der Waals surface area contributed by atoms with Crippen molar-refractivity contribution < 1.29 is 23.8 Å². The molecule has 0 saturated carbocycles. The number of nitrogens with one attached hydrogen (secondary N) is 2. The van der Waals surface area contributed by atoms with Crippen molar-refractivity contribution in [3.8, 4) is 16.3 Å². The molecule has 1 atom stereocenters. The summed E-state index contributed by atoms with van der Waals surface area (Å²) in [6.45, 7) is 6.15. The molecule has 2 aromatic carbocycles. The number of nitrogens with zero attached hydrogens (tertiary/aromatic N) is 1. The van der Waals surface area contributed by atoms with E-state index in [1.165, 1.54) is 11.3 Å². The quantitative estimate of drug-likeness (QED) is 0.278. The third-order valence-electron chi connectivity index (χ3n) is 5.31. The van der Waals surface area contributed by atoms with Gasteiger partial charge in [-0.25, -0.2) is 14.6 Å². The fourth-order valence-electron chi connectivity index (χ4n) is 3.49. The van der Waals surface area contributed by atoms with E-state index in [2.05, 4.69) is 10.6 Å². The minimum atomic E-state index is -0.536. The fraction of sp³-hybridized carbons (Fsp3) is 0.393. The number of hydrogen-bond acceptors (Lipinski definition) is 7. The number of alkyl carbamates (subject to hydrolysis) is 2. The van der Waals surface area contributed by atoms with E-state index in [9.17, 15) is 9.59 Å². The average molecular weight is 526 g/mol. The number of carbonyl (C=O) groups is 2. The lowest BCUT2D eigenvalue weighted by atomic mass is 10.1. The Kier molecular flexibility index (Phi) is 10.3. The maximum Gasteiger partial charge on any atom is 0.408 e. The van der Waals surface area contributed by atoms with E-state index in [4.69, 9.17) is 19.2 Å². The number of aromatic nitrogens is 1. The Balaban J connectivity index is 1.60. The first kappa shape index (κ1) is 28.0. The lowest BCUT2D eigenvalue weighted by Crippen LogP contribution is -2.33. The molecule has 1 heterocycles. The summed E-state index contributed by atoms with van der Waals surface area (Å²) in [5, 5.41) is 8.55. The predicted molar refractivity (Wildman–Crippen MR) is 145 cm³/mol. The summed E-state index contributed by atoms with van der Waals surface area (Å²) in [4.78, 5) is 29.3. The number of benzene rings is 2. The number of thiazole rings is 1. The standard InChI is InChI=1S/C28H35N3O5S/c1-28(2,3)36-26(32)29-17-9-8-12-23(31-27(33)35-18-20-10-6-5-7-11-20)24-19-37-25(30-24)21-13-15-22(34-4)16-14-21/h5-7,10-11,13-16,19,23H,8-9,12,17-18H2,1-4H3,(H,29,32)(H,31,33)/t23-/m0/s1. The van der Waals surface area contributed by atoms with Gasteiger partial charge in [-0.05, 0) is 69.9 Å². The van der Waals surface area contributed by atoms with Crippen LogP contribution in [0.3, 0.4) is 0 Å².